The summed E-state index contributed by atoms with van der Waals surface area (Å²) in [5.74, 6) is -2.03. The number of non-ortho nitro benzene ring substituents is 1. The zero-order valence-corrected chi connectivity index (χ0v) is 17.1. The summed E-state index contributed by atoms with van der Waals surface area (Å²) in [6, 6.07) is 11.1. The molecule has 0 bridgehead atoms. The molecule has 2 N–H and O–H groups in total. The van der Waals surface area contributed by atoms with Crippen molar-refractivity contribution in [2.24, 2.45) is 0 Å². The molecule has 1 aliphatic heterocycles. The number of nitro benzene ring substituents is 1. The zero-order valence-electron chi connectivity index (χ0n) is 17.1. The third-order valence-electron chi connectivity index (χ3n) is 5.23. The average Bonchev–Trinajstić information content (AvgIpc) is 2.76. The number of rotatable bonds is 6. The van der Waals surface area contributed by atoms with Gasteiger partial charge in [-0.15, -0.1) is 0 Å². The molecule has 164 valence electrons. The molecule has 1 fully saturated rings. The highest BCUT2D eigenvalue weighted by Crippen LogP contribution is 2.22. The smallest absolute Gasteiger partial charge is 0.313 e. The lowest BCUT2D eigenvalue weighted by atomic mass is 10.0. The third kappa shape index (κ3) is 6.06. The highest BCUT2D eigenvalue weighted by molar-refractivity contribution is 6.39. The van der Waals surface area contributed by atoms with Crippen LogP contribution < -0.4 is 10.6 Å². The third-order valence-corrected chi connectivity index (χ3v) is 5.23. The molecule has 0 saturated carbocycles. The summed E-state index contributed by atoms with van der Waals surface area (Å²) in [6.45, 7) is 3.48. The van der Waals surface area contributed by atoms with Gasteiger partial charge in [0.15, 0.2) is 0 Å². The van der Waals surface area contributed by atoms with Gasteiger partial charge in [-0.25, -0.2) is 4.39 Å². The lowest BCUT2D eigenvalue weighted by molar-refractivity contribution is -0.384. The first kappa shape index (κ1) is 22.3. The van der Waals surface area contributed by atoms with Crippen LogP contribution in [0.15, 0.2) is 48.5 Å². The van der Waals surface area contributed by atoms with Crippen LogP contribution in [0.5, 0.6) is 0 Å². The van der Waals surface area contributed by atoms with Crippen molar-refractivity contribution in [3.63, 3.8) is 0 Å². The van der Waals surface area contributed by atoms with Crippen molar-refractivity contribution in [1.29, 1.82) is 0 Å². The molecule has 1 saturated heterocycles. The number of likely N-dealkylation sites (N-methyl/N-ethyl adjacent to an activating group) is 1. The van der Waals surface area contributed by atoms with Gasteiger partial charge in [0.1, 0.15) is 5.82 Å². The number of hydrogen-bond acceptors (Lipinski definition) is 6. The molecule has 2 aromatic rings. The Kier molecular flexibility index (Phi) is 7.27. The van der Waals surface area contributed by atoms with E-state index in [1.54, 1.807) is 12.1 Å². The van der Waals surface area contributed by atoms with E-state index in [4.69, 9.17) is 0 Å². The average molecular weight is 429 g/mol. The molecule has 3 rings (SSSR count). The number of carbonyl (C=O) groups is 2. The van der Waals surface area contributed by atoms with E-state index in [1.165, 1.54) is 36.4 Å². The SMILES string of the molecule is CN1CCN(C(CNC(=O)C(=O)Nc2ccc([N+](=O)[O-])cc2)c2ccc(F)cc2)CC1. The molecule has 31 heavy (non-hydrogen) atoms. The molecular formula is C21H24FN5O4. The first-order valence-electron chi connectivity index (χ1n) is 9.85. The van der Waals surface area contributed by atoms with Gasteiger partial charge in [-0.1, -0.05) is 12.1 Å². The van der Waals surface area contributed by atoms with Gasteiger partial charge in [-0.3, -0.25) is 24.6 Å². The Morgan fingerprint density at radius 1 is 1.03 bits per heavy atom. The second-order valence-electron chi connectivity index (χ2n) is 7.37. The maximum Gasteiger partial charge on any atom is 0.313 e. The van der Waals surface area contributed by atoms with Gasteiger partial charge in [0.25, 0.3) is 5.69 Å². The topological polar surface area (TPSA) is 108 Å². The summed E-state index contributed by atoms with van der Waals surface area (Å²) >= 11 is 0. The lowest BCUT2D eigenvalue weighted by Gasteiger charge is -2.38. The van der Waals surface area contributed by atoms with Crippen molar-refractivity contribution >= 4 is 23.2 Å². The van der Waals surface area contributed by atoms with E-state index in [0.29, 0.717) is 0 Å². The normalized spacial score (nSPS) is 15.8. The predicted octanol–water partition coefficient (Wildman–Crippen LogP) is 1.78. The van der Waals surface area contributed by atoms with Crippen LogP contribution in [0, 0.1) is 15.9 Å². The molecule has 0 aromatic heterocycles. The molecule has 0 radical (unpaired) electrons. The second kappa shape index (κ2) is 10.1. The number of nitro groups is 1. The Labute approximate surface area is 179 Å². The Balaban J connectivity index is 1.62. The molecule has 0 aliphatic carbocycles. The van der Waals surface area contributed by atoms with E-state index in [0.717, 1.165) is 31.7 Å². The molecular weight excluding hydrogens is 405 g/mol. The Morgan fingerprint density at radius 2 is 1.65 bits per heavy atom. The zero-order chi connectivity index (χ0) is 22.4. The summed E-state index contributed by atoms with van der Waals surface area (Å²) in [4.78, 5) is 39.1. The summed E-state index contributed by atoms with van der Waals surface area (Å²) in [5.41, 5.74) is 1.01. The van der Waals surface area contributed by atoms with E-state index >= 15 is 0 Å². The van der Waals surface area contributed by atoms with Gasteiger partial charge in [-0.05, 0) is 36.9 Å². The highest BCUT2D eigenvalue weighted by Gasteiger charge is 2.25. The highest BCUT2D eigenvalue weighted by atomic mass is 19.1. The molecule has 10 heteroatoms. The molecule has 0 spiro atoms. The molecule has 1 unspecified atom stereocenters. The molecule has 9 nitrogen and oxygen atoms in total. The maximum absolute atomic E-state index is 13.4. The minimum atomic E-state index is -0.870. The van der Waals surface area contributed by atoms with Gasteiger partial charge >= 0.3 is 11.8 Å². The number of piperazine rings is 1. The Morgan fingerprint density at radius 3 is 2.23 bits per heavy atom. The van der Waals surface area contributed by atoms with Crippen LogP contribution in [0.4, 0.5) is 15.8 Å². The van der Waals surface area contributed by atoms with Crippen molar-refractivity contribution in [3.05, 3.63) is 70.0 Å². The van der Waals surface area contributed by atoms with Crippen molar-refractivity contribution in [1.82, 2.24) is 15.1 Å². The standard InChI is InChI=1S/C21H24FN5O4/c1-25-10-12-26(13-11-25)19(15-2-4-16(22)5-3-15)14-23-20(28)21(29)24-17-6-8-18(9-7-17)27(30)31/h2-9,19H,10-14H2,1H3,(H,23,28)(H,24,29). The summed E-state index contributed by atoms with van der Waals surface area (Å²) in [7, 11) is 2.04. The largest absolute Gasteiger partial charge is 0.346 e. The van der Waals surface area contributed by atoms with E-state index in [-0.39, 0.29) is 29.8 Å². The number of amides is 2. The monoisotopic (exact) mass is 429 g/mol. The van der Waals surface area contributed by atoms with Gasteiger partial charge < -0.3 is 15.5 Å². The van der Waals surface area contributed by atoms with Gasteiger partial charge in [-0.2, -0.15) is 0 Å². The van der Waals surface area contributed by atoms with E-state index in [1.807, 2.05) is 7.05 Å². The van der Waals surface area contributed by atoms with Crippen LogP contribution in [0.25, 0.3) is 0 Å². The van der Waals surface area contributed by atoms with Crippen LogP contribution >= 0.6 is 0 Å². The number of halogens is 1. The van der Waals surface area contributed by atoms with Crippen LogP contribution in [0.2, 0.25) is 0 Å². The van der Waals surface area contributed by atoms with Crippen molar-refractivity contribution < 1.29 is 18.9 Å². The Bertz CT molecular complexity index is 928. The predicted molar refractivity (Wildman–Crippen MR) is 113 cm³/mol. The van der Waals surface area contributed by atoms with Crippen LogP contribution in [-0.4, -0.2) is 66.3 Å². The summed E-state index contributed by atoms with van der Waals surface area (Å²) in [5, 5.41) is 15.8. The minimum absolute atomic E-state index is 0.114. The fourth-order valence-corrected chi connectivity index (χ4v) is 3.40. The van der Waals surface area contributed by atoms with Crippen LogP contribution in [0.3, 0.4) is 0 Å². The number of anilines is 1. The van der Waals surface area contributed by atoms with E-state index < -0.39 is 16.7 Å². The molecule has 1 aliphatic rings. The molecule has 2 amide bonds. The number of nitrogens with zero attached hydrogens (tertiary/aromatic N) is 3. The van der Waals surface area contributed by atoms with Crippen molar-refractivity contribution in [3.8, 4) is 0 Å². The van der Waals surface area contributed by atoms with Gasteiger partial charge in [0.05, 0.1) is 11.0 Å². The minimum Gasteiger partial charge on any atom is -0.346 e. The molecule has 1 heterocycles. The summed E-state index contributed by atoms with van der Waals surface area (Å²) < 4.78 is 13.4. The summed E-state index contributed by atoms with van der Waals surface area (Å²) in [6.07, 6.45) is 0. The number of benzene rings is 2. The molecule has 2 aromatic carbocycles. The fraction of sp³-hybridized carbons (Fsp3) is 0.333. The van der Waals surface area contributed by atoms with E-state index in [2.05, 4.69) is 20.4 Å². The van der Waals surface area contributed by atoms with Crippen LogP contribution in [0.1, 0.15) is 11.6 Å². The fourth-order valence-electron chi connectivity index (χ4n) is 3.40. The lowest BCUT2D eigenvalue weighted by Crippen LogP contribution is -2.49. The first-order valence-corrected chi connectivity index (χ1v) is 9.85. The molecule has 1 atom stereocenters. The number of hydrogen-bond donors (Lipinski definition) is 2. The number of carbonyl (C=O) groups excluding carboxylic acids is 2. The van der Waals surface area contributed by atoms with Crippen molar-refractivity contribution in [2.75, 3.05) is 45.1 Å². The van der Waals surface area contributed by atoms with Gasteiger partial charge in [0.2, 0.25) is 0 Å². The Hall–Kier alpha value is -3.37. The van der Waals surface area contributed by atoms with Crippen molar-refractivity contribution in [2.45, 2.75) is 6.04 Å². The maximum atomic E-state index is 13.4. The number of nitrogens with one attached hydrogen (secondary N) is 2. The first-order chi connectivity index (χ1) is 14.8. The van der Waals surface area contributed by atoms with Crippen LogP contribution in [-0.2, 0) is 9.59 Å². The quantitative estimate of drug-likeness (QED) is 0.412. The van der Waals surface area contributed by atoms with Gasteiger partial charge in [0, 0.05) is 50.5 Å². The second-order valence-corrected chi connectivity index (χ2v) is 7.37. The van der Waals surface area contributed by atoms with E-state index in [9.17, 15) is 24.1 Å².